The van der Waals surface area contributed by atoms with Gasteiger partial charge in [0.05, 0.1) is 30.5 Å². The number of nitrogens with zero attached hydrogens (tertiary/aromatic N) is 1. The van der Waals surface area contributed by atoms with Gasteiger partial charge in [0.25, 0.3) is 11.7 Å². The summed E-state index contributed by atoms with van der Waals surface area (Å²) >= 11 is 0. The Labute approximate surface area is 92.8 Å². The molecule has 0 N–H and O–H groups in total. The van der Waals surface area contributed by atoms with Crippen molar-refractivity contribution in [3.05, 3.63) is 29.3 Å². The molecule has 1 unspecified atom stereocenters. The van der Waals surface area contributed by atoms with Crippen molar-refractivity contribution in [1.82, 2.24) is 0 Å². The van der Waals surface area contributed by atoms with E-state index in [-0.39, 0.29) is 6.10 Å². The zero-order chi connectivity index (χ0) is 11.3. The Bertz CT molecular complexity index is 491. The van der Waals surface area contributed by atoms with Gasteiger partial charge in [-0.2, -0.15) is 0 Å². The highest BCUT2D eigenvalue weighted by Crippen LogP contribution is 2.31. The molecule has 0 aromatic heterocycles. The third-order valence-corrected chi connectivity index (χ3v) is 2.92. The molecule has 1 aromatic carbocycles. The van der Waals surface area contributed by atoms with Crippen LogP contribution >= 0.6 is 0 Å². The molecule has 4 nitrogen and oxygen atoms in total. The zero-order valence-electron chi connectivity index (χ0n) is 8.90. The van der Waals surface area contributed by atoms with Crippen LogP contribution in [-0.2, 0) is 9.53 Å². The first-order valence-corrected chi connectivity index (χ1v) is 5.25. The van der Waals surface area contributed by atoms with Crippen LogP contribution < -0.4 is 4.90 Å². The number of epoxide rings is 1. The van der Waals surface area contributed by atoms with Gasteiger partial charge in [0, 0.05) is 0 Å². The third-order valence-electron chi connectivity index (χ3n) is 2.92. The van der Waals surface area contributed by atoms with Crippen molar-refractivity contribution in [3.63, 3.8) is 0 Å². The summed E-state index contributed by atoms with van der Waals surface area (Å²) in [6, 6.07) is 5.50. The fourth-order valence-electron chi connectivity index (χ4n) is 1.97. The van der Waals surface area contributed by atoms with E-state index in [4.69, 9.17) is 4.74 Å². The first-order chi connectivity index (χ1) is 7.66. The number of Topliss-reactive ketones (excluding diaryl/α,β-unsaturated/α-hetero) is 1. The Morgan fingerprint density at radius 3 is 2.88 bits per heavy atom. The topological polar surface area (TPSA) is 49.9 Å². The second-order valence-corrected chi connectivity index (χ2v) is 4.22. The lowest BCUT2D eigenvalue weighted by Crippen LogP contribution is -2.33. The summed E-state index contributed by atoms with van der Waals surface area (Å²) in [5.41, 5.74) is 2.23. The quantitative estimate of drug-likeness (QED) is 0.546. The van der Waals surface area contributed by atoms with Crippen LogP contribution in [0.4, 0.5) is 5.69 Å². The van der Waals surface area contributed by atoms with Gasteiger partial charge in [-0.3, -0.25) is 9.59 Å². The van der Waals surface area contributed by atoms with Crippen molar-refractivity contribution >= 4 is 17.4 Å². The molecule has 0 radical (unpaired) electrons. The van der Waals surface area contributed by atoms with Gasteiger partial charge in [0.2, 0.25) is 0 Å². The number of carbonyl (C=O) groups excluding carboxylic acids is 2. The van der Waals surface area contributed by atoms with Crippen molar-refractivity contribution < 1.29 is 14.3 Å². The number of carbonyl (C=O) groups is 2. The molecule has 1 atom stereocenters. The minimum atomic E-state index is -0.434. The molecule has 0 aliphatic carbocycles. The normalized spacial score (nSPS) is 22.6. The number of amides is 1. The number of ketones is 1. The summed E-state index contributed by atoms with van der Waals surface area (Å²) in [6.45, 7) is 3.07. The minimum Gasteiger partial charge on any atom is -0.371 e. The lowest BCUT2D eigenvalue weighted by Gasteiger charge is -2.14. The molecule has 4 heteroatoms. The summed E-state index contributed by atoms with van der Waals surface area (Å²) in [6.07, 6.45) is 0.101. The average Bonchev–Trinajstić information content (AvgIpc) is 3.04. The van der Waals surface area contributed by atoms with E-state index in [1.807, 2.05) is 19.1 Å². The maximum atomic E-state index is 11.8. The van der Waals surface area contributed by atoms with Crippen LogP contribution in [0.2, 0.25) is 0 Å². The van der Waals surface area contributed by atoms with Gasteiger partial charge in [-0.1, -0.05) is 11.6 Å². The van der Waals surface area contributed by atoms with Gasteiger partial charge in [-0.05, 0) is 19.1 Å². The number of aryl methyl sites for hydroxylation is 1. The van der Waals surface area contributed by atoms with Crippen LogP contribution in [0.15, 0.2) is 18.2 Å². The third kappa shape index (κ3) is 1.34. The zero-order valence-corrected chi connectivity index (χ0v) is 8.90. The van der Waals surface area contributed by atoms with Crippen LogP contribution in [0, 0.1) is 6.92 Å². The Morgan fingerprint density at radius 1 is 1.44 bits per heavy atom. The second-order valence-electron chi connectivity index (χ2n) is 4.22. The van der Waals surface area contributed by atoms with Gasteiger partial charge >= 0.3 is 0 Å². The van der Waals surface area contributed by atoms with E-state index in [0.717, 1.165) is 11.3 Å². The van der Waals surface area contributed by atoms with Crippen LogP contribution in [0.5, 0.6) is 0 Å². The predicted molar refractivity (Wildman–Crippen MR) is 57.6 cm³/mol. The first-order valence-electron chi connectivity index (χ1n) is 5.25. The number of ether oxygens (including phenoxy) is 1. The number of rotatable bonds is 2. The van der Waals surface area contributed by atoms with Gasteiger partial charge in [-0.15, -0.1) is 0 Å². The standard InChI is InChI=1S/C12H11NO3/c1-7-2-3-10-9(4-7)11(14)12(15)13(10)5-8-6-16-8/h2-4,8H,5-6H2,1H3. The monoisotopic (exact) mass is 217 g/mol. The minimum absolute atomic E-state index is 0.101. The van der Waals surface area contributed by atoms with Crippen molar-refractivity contribution in [1.29, 1.82) is 0 Å². The van der Waals surface area contributed by atoms with E-state index in [2.05, 4.69) is 0 Å². The van der Waals surface area contributed by atoms with Crippen LogP contribution in [0.3, 0.4) is 0 Å². The van der Waals surface area contributed by atoms with Crippen molar-refractivity contribution in [3.8, 4) is 0 Å². The number of fused-ring (bicyclic) bond motifs is 1. The summed E-state index contributed by atoms with van der Waals surface area (Å²) < 4.78 is 5.09. The predicted octanol–water partition coefficient (Wildman–Crippen LogP) is 0.923. The van der Waals surface area contributed by atoms with E-state index >= 15 is 0 Å². The summed E-state index contributed by atoms with van der Waals surface area (Å²) in [5.74, 6) is -0.838. The molecule has 16 heavy (non-hydrogen) atoms. The average molecular weight is 217 g/mol. The Morgan fingerprint density at radius 2 is 2.19 bits per heavy atom. The highest BCUT2D eigenvalue weighted by molar-refractivity contribution is 6.52. The fraction of sp³-hybridized carbons (Fsp3) is 0.333. The number of hydrogen-bond acceptors (Lipinski definition) is 3. The van der Waals surface area contributed by atoms with Crippen molar-refractivity contribution in [2.75, 3.05) is 18.1 Å². The number of anilines is 1. The molecule has 2 aliphatic rings. The molecular weight excluding hydrogens is 206 g/mol. The smallest absolute Gasteiger partial charge is 0.299 e. The molecule has 0 saturated carbocycles. The number of benzene rings is 1. The molecule has 2 heterocycles. The van der Waals surface area contributed by atoms with Crippen molar-refractivity contribution in [2.24, 2.45) is 0 Å². The largest absolute Gasteiger partial charge is 0.371 e. The van der Waals surface area contributed by atoms with E-state index in [1.54, 1.807) is 6.07 Å². The lowest BCUT2D eigenvalue weighted by molar-refractivity contribution is -0.114. The van der Waals surface area contributed by atoms with Crippen LogP contribution in [-0.4, -0.2) is 30.9 Å². The molecule has 82 valence electrons. The molecule has 0 spiro atoms. The molecular formula is C12H11NO3. The lowest BCUT2D eigenvalue weighted by atomic mass is 10.1. The molecule has 1 fully saturated rings. The SMILES string of the molecule is Cc1ccc2c(c1)C(=O)C(=O)N2CC1CO1. The molecule has 3 rings (SSSR count). The molecule has 1 saturated heterocycles. The molecule has 1 aromatic rings. The Hall–Kier alpha value is -1.68. The first kappa shape index (κ1) is 9.54. The molecule has 1 amide bonds. The second kappa shape index (κ2) is 3.15. The van der Waals surface area contributed by atoms with Gasteiger partial charge in [0.1, 0.15) is 0 Å². The van der Waals surface area contributed by atoms with Crippen LogP contribution in [0.25, 0.3) is 0 Å². The Kier molecular flexibility index (Phi) is 1.88. The van der Waals surface area contributed by atoms with E-state index < -0.39 is 11.7 Å². The highest BCUT2D eigenvalue weighted by Gasteiger charge is 2.39. The molecule has 0 bridgehead atoms. The van der Waals surface area contributed by atoms with Gasteiger partial charge in [0.15, 0.2) is 0 Å². The summed E-state index contributed by atoms with van der Waals surface area (Å²) in [4.78, 5) is 25.0. The van der Waals surface area contributed by atoms with Crippen molar-refractivity contribution in [2.45, 2.75) is 13.0 Å². The van der Waals surface area contributed by atoms with E-state index in [9.17, 15) is 9.59 Å². The van der Waals surface area contributed by atoms with Gasteiger partial charge in [-0.25, -0.2) is 0 Å². The molecule has 2 aliphatic heterocycles. The van der Waals surface area contributed by atoms with Crippen LogP contribution in [0.1, 0.15) is 15.9 Å². The summed E-state index contributed by atoms with van der Waals surface area (Å²) in [5, 5.41) is 0. The van der Waals surface area contributed by atoms with E-state index in [1.165, 1.54) is 4.90 Å². The maximum absolute atomic E-state index is 11.8. The Balaban J connectivity index is 2.02. The summed E-state index contributed by atoms with van der Waals surface area (Å²) in [7, 11) is 0. The number of hydrogen-bond donors (Lipinski definition) is 0. The highest BCUT2D eigenvalue weighted by atomic mass is 16.6. The maximum Gasteiger partial charge on any atom is 0.299 e. The fourth-order valence-corrected chi connectivity index (χ4v) is 1.97. The van der Waals surface area contributed by atoms with E-state index in [0.29, 0.717) is 18.7 Å². The van der Waals surface area contributed by atoms with Gasteiger partial charge < -0.3 is 9.64 Å².